The van der Waals surface area contributed by atoms with Gasteiger partial charge in [-0.15, -0.1) is 0 Å². The summed E-state index contributed by atoms with van der Waals surface area (Å²) in [4.78, 5) is 5.31. The van der Waals surface area contributed by atoms with Crippen LogP contribution >= 0.6 is 0 Å². The molecular weight excluding hydrogens is 591 g/mol. The van der Waals surface area contributed by atoms with Crippen molar-refractivity contribution in [3.05, 3.63) is 156 Å². The van der Waals surface area contributed by atoms with Gasteiger partial charge in [0.2, 0.25) is 0 Å². The van der Waals surface area contributed by atoms with E-state index in [1.807, 2.05) is 0 Å². The van der Waals surface area contributed by atoms with Gasteiger partial charge in [0.25, 0.3) is 0 Å². The molecule has 4 aliphatic rings. The Morgan fingerprint density at radius 3 is 2.24 bits per heavy atom. The highest BCUT2D eigenvalue weighted by Gasteiger charge is 2.31. The van der Waals surface area contributed by atoms with Gasteiger partial charge in [-0.1, -0.05) is 159 Å². The summed E-state index contributed by atoms with van der Waals surface area (Å²) in [6.45, 7) is 9.13. The lowest BCUT2D eigenvalue weighted by Gasteiger charge is -2.34. The molecule has 49 heavy (non-hydrogen) atoms. The summed E-state index contributed by atoms with van der Waals surface area (Å²) in [5.74, 6) is 2.26. The zero-order chi connectivity index (χ0) is 33.7. The number of aliphatic imine (C=N–C) groups is 1. The minimum absolute atomic E-state index is 0.326. The van der Waals surface area contributed by atoms with Crippen molar-refractivity contribution >= 4 is 38.9 Å². The van der Waals surface area contributed by atoms with Crippen LogP contribution in [0.2, 0.25) is 0 Å². The van der Waals surface area contributed by atoms with Gasteiger partial charge >= 0.3 is 0 Å². The third kappa shape index (κ3) is 6.73. The summed E-state index contributed by atoms with van der Waals surface area (Å²) < 4.78 is 0. The van der Waals surface area contributed by atoms with Crippen LogP contribution < -0.4 is 0 Å². The average Bonchev–Trinajstić information content (AvgIpc) is 3.13. The number of hydrogen-bond donors (Lipinski definition) is 0. The molecule has 0 bridgehead atoms. The van der Waals surface area contributed by atoms with E-state index in [0.717, 1.165) is 32.1 Å². The minimum Gasteiger partial charge on any atom is -0.294 e. The molecule has 1 heteroatoms. The van der Waals surface area contributed by atoms with Gasteiger partial charge in [0.15, 0.2) is 0 Å². The molecule has 4 aliphatic carbocycles. The molecule has 0 saturated carbocycles. The van der Waals surface area contributed by atoms with Gasteiger partial charge in [-0.25, -0.2) is 0 Å². The minimum atomic E-state index is 0.326. The summed E-state index contributed by atoms with van der Waals surface area (Å²) in [6.07, 6.45) is 40.5. The number of rotatable bonds is 9. The molecule has 0 spiro atoms. The first-order chi connectivity index (χ1) is 24.1. The van der Waals surface area contributed by atoms with Crippen LogP contribution in [-0.4, -0.2) is 12.3 Å². The molecule has 0 aromatic heterocycles. The van der Waals surface area contributed by atoms with Gasteiger partial charge in [-0.3, -0.25) is 4.99 Å². The van der Waals surface area contributed by atoms with Crippen LogP contribution in [0.4, 0.5) is 0 Å². The first kappa shape index (κ1) is 33.0. The van der Waals surface area contributed by atoms with Crippen molar-refractivity contribution in [3.8, 4) is 0 Å². The largest absolute Gasteiger partial charge is 0.294 e. The average molecular weight is 642 g/mol. The van der Waals surface area contributed by atoms with Crippen LogP contribution in [0.15, 0.2) is 150 Å². The molecule has 0 amide bonds. The van der Waals surface area contributed by atoms with E-state index in [1.54, 1.807) is 0 Å². The molecule has 1 nitrogen and oxygen atoms in total. The molecule has 3 aromatic carbocycles. The van der Waals surface area contributed by atoms with Crippen molar-refractivity contribution in [2.24, 2.45) is 34.6 Å². The van der Waals surface area contributed by atoms with Crippen LogP contribution in [0, 0.1) is 29.6 Å². The normalized spacial score (nSPS) is 26.5. The highest BCUT2D eigenvalue weighted by Crippen LogP contribution is 2.46. The fraction of sp³-hybridized carbons (Fsp3) is 0.312. The number of allylic oxidation sites excluding steroid dienone is 18. The smallest absolute Gasteiger partial charge is 0.0532 e. The maximum atomic E-state index is 5.31. The zero-order valence-corrected chi connectivity index (χ0v) is 29.7. The summed E-state index contributed by atoms with van der Waals surface area (Å²) in [5.41, 5.74) is 8.15. The highest BCUT2D eigenvalue weighted by molar-refractivity contribution is 6.18. The number of nitrogens with zero attached hydrogens (tertiary/aromatic N) is 1. The molecule has 0 N–H and O–H groups in total. The number of hydrogen-bond acceptors (Lipinski definition) is 1. The quantitative estimate of drug-likeness (QED) is 0.163. The Morgan fingerprint density at radius 1 is 0.837 bits per heavy atom. The van der Waals surface area contributed by atoms with Crippen molar-refractivity contribution < 1.29 is 0 Å². The SMILES string of the molecule is C/C=C\C(=C1\C=CCC(C(CCC)N=CCC2C=CC=CC2)C1C)c1c2ccccc2c(C2=CC3C=CC(C)=CC3C=C2)c2ccccc12. The van der Waals surface area contributed by atoms with E-state index in [0.29, 0.717) is 35.6 Å². The molecule has 248 valence electrons. The Hall–Kier alpha value is -4.49. The van der Waals surface area contributed by atoms with E-state index >= 15 is 0 Å². The Balaban J connectivity index is 1.34. The lowest BCUT2D eigenvalue weighted by atomic mass is 9.72. The number of benzene rings is 3. The van der Waals surface area contributed by atoms with Crippen LogP contribution in [0.25, 0.3) is 32.7 Å². The first-order valence-corrected chi connectivity index (χ1v) is 18.7. The van der Waals surface area contributed by atoms with Crippen LogP contribution in [0.5, 0.6) is 0 Å². The molecular formula is C48H51N. The topological polar surface area (TPSA) is 12.4 Å². The molecule has 6 atom stereocenters. The Labute approximate surface area is 294 Å². The molecule has 6 unspecified atom stereocenters. The first-order valence-electron chi connectivity index (χ1n) is 18.7. The fourth-order valence-corrected chi connectivity index (χ4v) is 8.67. The van der Waals surface area contributed by atoms with Crippen LogP contribution in [0.3, 0.4) is 0 Å². The van der Waals surface area contributed by atoms with E-state index < -0.39 is 0 Å². The van der Waals surface area contributed by atoms with Gasteiger partial charge in [0.05, 0.1) is 6.04 Å². The van der Waals surface area contributed by atoms with Gasteiger partial charge in [-0.2, -0.15) is 0 Å². The summed E-state index contributed by atoms with van der Waals surface area (Å²) in [6, 6.07) is 18.6. The standard InChI is InChI=1S/C48H51N/c1-5-15-41(39-23-14-24-40(34(39)4)46(16-6-2)49-30-29-35-17-8-7-9-18-35)48-44-21-12-10-19-42(44)47(43-20-11-13-22-45(43)48)38-28-27-36-31-33(3)25-26-37(36)32-38/h5,7-15,17,19-23,25-28,30-32,34-37,40,46H,6,16,18,24,29H2,1-4H3/b15-5-,41-39+,49-30?. The number of fused-ring (bicyclic) bond motifs is 3. The van der Waals surface area contributed by atoms with Crippen molar-refractivity contribution in [1.29, 1.82) is 0 Å². The third-order valence-corrected chi connectivity index (χ3v) is 11.2. The van der Waals surface area contributed by atoms with Gasteiger partial charge in [0, 0.05) is 11.8 Å². The molecule has 0 fully saturated rings. The van der Waals surface area contributed by atoms with Crippen molar-refractivity contribution in [1.82, 2.24) is 0 Å². The summed E-state index contributed by atoms with van der Waals surface area (Å²) in [5, 5.41) is 5.29. The van der Waals surface area contributed by atoms with Gasteiger partial charge in [-0.05, 0) is 113 Å². The Bertz CT molecular complexity index is 1960. The van der Waals surface area contributed by atoms with E-state index in [2.05, 4.69) is 168 Å². The van der Waals surface area contributed by atoms with Crippen molar-refractivity contribution in [2.75, 3.05) is 0 Å². The van der Waals surface area contributed by atoms with Gasteiger partial charge < -0.3 is 0 Å². The summed E-state index contributed by atoms with van der Waals surface area (Å²) in [7, 11) is 0. The maximum Gasteiger partial charge on any atom is 0.0532 e. The van der Waals surface area contributed by atoms with E-state index in [9.17, 15) is 0 Å². The Kier molecular flexibility index (Phi) is 10.1. The molecule has 0 heterocycles. The van der Waals surface area contributed by atoms with E-state index in [4.69, 9.17) is 4.99 Å². The predicted molar refractivity (Wildman–Crippen MR) is 215 cm³/mol. The maximum absolute atomic E-state index is 5.31. The van der Waals surface area contributed by atoms with Crippen molar-refractivity contribution in [2.45, 2.75) is 65.8 Å². The molecule has 3 aromatic rings. The molecule has 0 aliphatic heterocycles. The molecule has 0 saturated heterocycles. The van der Waals surface area contributed by atoms with E-state index in [1.165, 1.54) is 55.0 Å². The predicted octanol–water partition coefficient (Wildman–Crippen LogP) is 13.0. The molecule has 7 rings (SSSR count). The lowest BCUT2D eigenvalue weighted by Crippen LogP contribution is -2.28. The van der Waals surface area contributed by atoms with E-state index in [-0.39, 0.29) is 0 Å². The van der Waals surface area contributed by atoms with Gasteiger partial charge in [0.1, 0.15) is 0 Å². The van der Waals surface area contributed by atoms with Crippen molar-refractivity contribution in [3.63, 3.8) is 0 Å². The monoisotopic (exact) mass is 641 g/mol. The lowest BCUT2D eigenvalue weighted by molar-refractivity contribution is 0.319. The third-order valence-electron chi connectivity index (χ3n) is 11.2. The summed E-state index contributed by atoms with van der Waals surface area (Å²) >= 11 is 0. The Morgan fingerprint density at radius 2 is 1.55 bits per heavy atom. The van der Waals surface area contributed by atoms with Crippen LogP contribution in [-0.2, 0) is 0 Å². The highest BCUT2D eigenvalue weighted by atomic mass is 14.8. The second kappa shape index (κ2) is 15.0. The zero-order valence-electron chi connectivity index (χ0n) is 29.7. The fourth-order valence-electron chi connectivity index (χ4n) is 8.67. The second-order valence-corrected chi connectivity index (χ2v) is 14.4. The van der Waals surface area contributed by atoms with Crippen LogP contribution in [0.1, 0.15) is 70.9 Å². The molecule has 0 radical (unpaired) electrons. The second-order valence-electron chi connectivity index (χ2n) is 14.4.